The molecule has 0 spiro atoms. The number of anilines is 1. The van der Waals surface area contributed by atoms with E-state index in [4.69, 9.17) is 4.74 Å². The molecule has 7 heteroatoms. The van der Waals surface area contributed by atoms with E-state index in [2.05, 4.69) is 5.43 Å². The van der Waals surface area contributed by atoms with E-state index < -0.39 is 17.9 Å². The molecule has 1 aliphatic rings. The molecule has 7 nitrogen and oxygen atoms in total. The summed E-state index contributed by atoms with van der Waals surface area (Å²) in [4.78, 5) is 37.4. The maximum atomic E-state index is 12.8. The minimum Gasteiger partial charge on any atom is -0.467 e. The van der Waals surface area contributed by atoms with Gasteiger partial charge in [-0.25, -0.2) is 9.80 Å². The largest absolute Gasteiger partial charge is 0.467 e. The Hall–Kier alpha value is -3.87. The molecule has 2 amide bonds. The van der Waals surface area contributed by atoms with Gasteiger partial charge in [0.25, 0.3) is 11.8 Å². The smallest absolute Gasteiger partial charge is 0.328 e. The summed E-state index contributed by atoms with van der Waals surface area (Å²) in [5, 5.41) is 2.05. The van der Waals surface area contributed by atoms with Crippen molar-refractivity contribution in [3.05, 3.63) is 71.9 Å². The number of nitrogens with one attached hydrogen (secondary N) is 1. The lowest BCUT2D eigenvalue weighted by atomic mass is 10.1. The first-order valence-corrected chi connectivity index (χ1v) is 9.11. The molecule has 0 radical (unpaired) electrons. The summed E-state index contributed by atoms with van der Waals surface area (Å²) in [5.74, 6) is -1.29. The summed E-state index contributed by atoms with van der Waals surface area (Å²) in [6.45, 7) is 1.74. The van der Waals surface area contributed by atoms with E-state index in [1.54, 1.807) is 48.0 Å². The zero-order valence-electron chi connectivity index (χ0n) is 16.0. The number of ether oxygens (including phenoxy) is 1. The molecule has 0 aliphatic carbocycles. The molecule has 29 heavy (non-hydrogen) atoms. The summed E-state index contributed by atoms with van der Waals surface area (Å²) in [5.41, 5.74) is 4.68. The number of aromatic nitrogens is 1. The molecule has 2 heterocycles. The van der Waals surface area contributed by atoms with Crippen molar-refractivity contribution in [3.63, 3.8) is 0 Å². The van der Waals surface area contributed by atoms with E-state index in [0.29, 0.717) is 11.3 Å². The molecule has 3 aromatic rings. The molecule has 1 unspecified atom stereocenters. The lowest BCUT2D eigenvalue weighted by molar-refractivity contribution is -0.143. The Morgan fingerprint density at radius 2 is 1.76 bits per heavy atom. The number of hydrogen-bond donors (Lipinski definition) is 1. The maximum Gasteiger partial charge on any atom is 0.328 e. The van der Waals surface area contributed by atoms with E-state index >= 15 is 0 Å². The Kier molecular flexibility index (Phi) is 4.64. The SMILES string of the molecule is COC(=O)C(C)n1cc(C=C2C(=O)NN(c3ccccc3)C2=O)c2ccccc21. The second kappa shape index (κ2) is 7.27. The minimum atomic E-state index is -0.550. The molecule has 1 saturated heterocycles. The Bertz CT molecular complexity index is 1150. The van der Waals surface area contributed by atoms with Crippen LogP contribution >= 0.6 is 0 Å². The first-order chi connectivity index (χ1) is 14.0. The van der Waals surface area contributed by atoms with Gasteiger partial charge in [-0.05, 0) is 31.2 Å². The number of para-hydroxylation sites is 2. The van der Waals surface area contributed by atoms with Gasteiger partial charge >= 0.3 is 5.97 Å². The first kappa shape index (κ1) is 18.5. The average Bonchev–Trinajstić information content (AvgIpc) is 3.26. The standard InChI is InChI=1S/C22H19N3O4/c1-14(22(28)29-2)24-13-15(17-10-6-7-11-19(17)24)12-18-20(26)23-25(21(18)27)16-8-4-3-5-9-16/h3-14H,1-2H3,(H,23,26). The van der Waals surface area contributed by atoms with Crippen molar-refractivity contribution in [3.8, 4) is 0 Å². The normalized spacial score (nSPS) is 16.3. The van der Waals surface area contributed by atoms with Crippen molar-refractivity contribution in [1.82, 2.24) is 9.99 Å². The van der Waals surface area contributed by atoms with Crippen molar-refractivity contribution in [2.24, 2.45) is 0 Å². The molecule has 1 N–H and O–H groups in total. The highest BCUT2D eigenvalue weighted by Crippen LogP contribution is 2.28. The molecule has 146 valence electrons. The maximum absolute atomic E-state index is 12.8. The van der Waals surface area contributed by atoms with Crippen LogP contribution in [0.4, 0.5) is 5.69 Å². The van der Waals surface area contributed by atoms with E-state index in [-0.39, 0.29) is 11.5 Å². The summed E-state index contributed by atoms with van der Waals surface area (Å²) < 4.78 is 6.63. The molecule has 0 saturated carbocycles. The average molecular weight is 389 g/mol. The highest BCUT2D eigenvalue weighted by molar-refractivity contribution is 6.32. The van der Waals surface area contributed by atoms with Gasteiger partial charge in [-0.15, -0.1) is 0 Å². The molecular weight excluding hydrogens is 370 g/mol. The van der Waals surface area contributed by atoms with Crippen LogP contribution in [-0.4, -0.2) is 29.5 Å². The van der Waals surface area contributed by atoms with Crippen LogP contribution in [0.2, 0.25) is 0 Å². The van der Waals surface area contributed by atoms with Gasteiger partial charge in [-0.2, -0.15) is 0 Å². The van der Waals surface area contributed by atoms with Crippen LogP contribution in [0, 0.1) is 0 Å². The first-order valence-electron chi connectivity index (χ1n) is 9.11. The predicted octanol–water partition coefficient (Wildman–Crippen LogP) is 2.84. The van der Waals surface area contributed by atoms with Gasteiger partial charge in [0.1, 0.15) is 11.6 Å². The quantitative estimate of drug-likeness (QED) is 0.423. The van der Waals surface area contributed by atoms with Crippen molar-refractivity contribution in [2.45, 2.75) is 13.0 Å². The number of rotatable bonds is 4. The van der Waals surface area contributed by atoms with Crippen LogP contribution in [0.3, 0.4) is 0 Å². The third-order valence-corrected chi connectivity index (χ3v) is 4.94. The molecule has 0 bridgehead atoms. The highest BCUT2D eigenvalue weighted by Gasteiger charge is 2.34. The van der Waals surface area contributed by atoms with Gasteiger partial charge < -0.3 is 9.30 Å². The van der Waals surface area contributed by atoms with E-state index in [1.807, 2.05) is 30.3 Å². The fourth-order valence-corrected chi connectivity index (χ4v) is 3.42. The molecule has 1 fully saturated rings. The van der Waals surface area contributed by atoms with Crippen molar-refractivity contribution >= 4 is 40.4 Å². The van der Waals surface area contributed by atoms with Crippen molar-refractivity contribution in [1.29, 1.82) is 0 Å². The summed E-state index contributed by atoms with van der Waals surface area (Å²) >= 11 is 0. The number of esters is 1. The second-order valence-electron chi connectivity index (χ2n) is 6.68. The molecule has 1 atom stereocenters. The van der Waals surface area contributed by atoms with Gasteiger partial charge in [0.15, 0.2) is 0 Å². The number of nitrogens with zero attached hydrogens (tertiary/aromatic N) is 2. The number of carbonyl (C=O) groups excluding carboxylic acids is 3. The third kappa shape index (κ3) is 3.16. The van der Waals surface area contributed by atoms with E-state index in [9.17, 15) is 14.4 Å². The topological polar surface area (TPSA) is 80.6 Å². The van der Waals surface area contributed by atoms with Crippen LogP contribution in [-0.2, 0) is 19.1 Å². The monoisotopic (exact) mass is 389 g/mol. The molecule has 4 rings (SSSR count). The Morgan fingerprint density at radius 3 is 2.48 bits per heavy atom. The number of carbonyl (C=O) groups is 3. The Morgan fingerprint density at radius 1 is 1.07 bits per heavy atom. The van der Waals surface area contributed by atoms with Crippen LogP contribution in [0.15, 0.2) is 66.4 Å². The summed E-state index contributed by atoms with van der Waals surface area (Å²) in [6, 6.07) is 15.8. The van der Waals surface area contributed by atoms with Gasteiger partial charge in [0.05, 0.1) is 12.8 Å². The molecule has 1 aromatic heterocycles. The van der Waals surface area contributed by atoms with Gasteiger partial charge in [-0.1, -0.05) is 36.4 Å². The lowest BCUT2D eigenvalue weighted by Crippen LogP contribution is -2.35. The van der Waals surface area contributed by atoms with Crippen LogP contribution in [0.5, 0.6) is 0 Å². The van der Waals surface area contributed by atoms with Crippen LogP contribution in [0.1, 0.15) is 18.5 Å². The minimum absolute atomic E-state index is 0.0301. The number of hydrazine groups is 1. The van der Waals surface area contributed by atoms with Crippen molar-refractivity contribution in [2.75, 3.05) is 12.1 Å². The fraction of sp³-hybridized carbons (Fsp3) is 0.136. The lowest BCUT2D eigenvalue weighted by Gasteiger charge is -2.13. The second-order valence-corrected chi connectivity index (χ2v) is 6.68. The third-order valence-electron chi connectivity index (χ3n) is 4.94. The van der Waals surface area contributed by atoms with Gasteiger partial charge in [0.2, 0.25) is 0 Å². The number of fused-ring (bicyclic) bond motifs is 1. The van der Waals surface area contributed by atoms with Crippen LogP contribution < -0.4 is 10.4 Å². The molecule has 2 aromatic carbocycles. The van der Waals surface area contributed by atoms with E-state index in [0.717, 1.165) is 10.9 Å². The number of methoxy groups -OCH3 is 1. The molecular formula is C22H19N3O4. The Labute approximate surface area is 167 Å². The van der Waals surface area contributed by atoms with E-state index in [1.165, 1.54) is 12.1 Å². The highest BCUT2D eigenvalue weighted by atomic mass is 16.5. The van der Waals surface area contributed by atoms with Crippen LogP contribution in [0.25, 0.3) is 17.0 Å². The summed E-state index contributed by atoms with van der Waals surface area (Å²) in [6.07, 6.45) is 3.31. The summed E-state index contributed by atoms with van der Waals surface area (Å²) in [7, 11) is 1.34. The zero-order chi connectivity index (χ0) is 20.5. The van der Waals surface area contributed by atoms with Gasteiger partial charge in [0, 0.05) is 22.7 Å². The zero-order valence-corrected chi connectivity index (χ0v) is 16.0. The van der Waals surface area contributed by atoms with Gasteiger partial charge in [-0.3, -0.25) is 15.0 Å². The number of hydrogen-bond acceptors (Lipinski definition) is 4. The Balaban J connectivity index is 1.78. The van der Waals surface area contributed by atoms with Crippen molar-refractivity contribution < 1.29 is 19.1 Å². The number of amides is 2. The predicted molar refractivity (Wildman–Crippen MR) is 109 cm³/mol. The molecule has 1 aliphatic heterocycles. The fourth-order valence-electron chi connectivity index (χ4n) is 3.42. The number of benzene rings is 2.